The summed E-state index contributed by atoms with van der Waals surface area (Å²) in [6.07, 6.45) is 2.84. The summed E-state index contributed by atoms with van der Waals surface area (Å²) >= 11 is 0. The molecule has 3 heterocycles. The first-order chi connectivity index (χ1) is 9.65. The quantitative estimate of drug-likeness (QED) is 0.827. The Bertz CT molecular complexity index is 492. The van der Waals surface area contributed by atoms with Crippen molar-refractivity contribution in [1.29, 1.82) is 0 Å². The van der Waals surface area contributed by atoms with Crippen molar-refractivity contribution in [3.63, 3.8) is 0 Å². The molecule has 2 fully saturated rings. The summed E-state index contributed by atoms with van der Waals surface area (Å²) in [5.41, 5.74) is 6.66. The molecule has 1 aromatic heterocycles. The Balaban J connectivity index is 1.73. The number of carbonyl (C=O) groups is 1. The maximum atomic E-state index is 12.6. The number of anilines is 1. The second kappa shape index (κ2) is 5.36. The van der Waals surface area contributed by atoms with Gasteiger partial charge in [0, 0.05) is 18.5 Å². The van der Waals surface area contributed by atoms with E-state index in [2.05, 4.69) is 15.3 Å². The summed E-state index contributed by atoms with van der Waals surface area (Å²) < 4.78 is 0. The zero-order valence-electron chi connectivity index (χ0n) is 11.8. The maximum Gasteiger partial charge on any atom is 0.226 e. The van der Waals surface area contributed by atoms with E-state index >= 15 is 0 Å². The highest BCUT2D eigenvalue weighted by Crippen LogP contribution is 2.35. The van der Waals surface area contributed by atoms with Crippen molar-refractivity contribution in [2.75, 3.05) is 25.4 Å². The molecule has 0 radical (unpaired) electrons. The maximum absolute atomic E-state index is 12.6. The standard InChI is InChI=1S/C14H21N5O/c1-9-17-11(8-13(15)18-9)12-4-7-19(12)14(20)10-2-5-16-6-3-10/h8,10,12,16H,2-7H2,1H3,(H2,15,17,18)/t12-/m1/s1. The van der Waals surface area contributed by atoms with Crippen LogP contribution in [-0.2, 0) is 4.79 Å². The number of likely N-dealkylation sites (tertiary alicyclic amines) is 1. The van der Waals surface area contributed by atoms with E-state index in [0.29, 0.717) is 11.6 Å². The molecular weight excluding hydrogens is 254 g/mol. The molecule has 0 saturated carbocycles. The monoisotopic (exact) mass is 275 g/mol. The molecule has 3 rings (SSSR count). The van der Waals surface area contributed by atoms with Crippen molar-refractivity contribution in [1.82, 2.24) is 20.2 Å². The highest BCUT2D eigenvalue weighted by Gasteiger charge is 2.38. The Morgan fingerprint density at radius 2 is 2.10 bits per heavy atom. The second-order valence-electron chi connectivity index (χ2n) is 5.63. The molecule has 0 bridgehead atoms. The molecule has 20 heavy (non-hydrogen) atoms. The van der Waals surface area contributed by atoms with Gasteiger partial charge in [-0.1, -0.05) is 0 Å². The molecule has 6 nitrogen and oxygen atoms in total. The molecule has 6 heteroatoms. The number of nitrogens with two attached hydrogens (primary N) is 1. The van der Waals surface area contributed by atoms with Gasteiger partial charge in [0.25, 0.3) is 0 Å². The van der Waals surface area contributed by atoms with Crippen LogP contribution in [-0.4, -0.2) is 40.4 Å². The van der Waals surface area contributed by atoms with Gasteiger partial charge in [-0.25, -0.2) is 9.97 Å². The third kappa shape index (κ3) is 2.47. The topological polar surface area (TPSA) is 84.1 Å². The highest BCUT2D eigenvalue weighted by atomic mass is 16.2. The van der Waals surface area contributed by atoms with E-state index in [1.54, 1.807) is 6.07 Å². The van der Waals surface area contributed by atoms with Crippen LogP contribution in [0, 0.1) is 12.8 Å². The fraction of sp³-hybridized carbons (Fsp3) is 0.643. The van der Waals surface area contributed by atoms with Crippen molar-refractivity contribution in [2.24, 2.45) is 5.92 Å². The first-order valence-corrected chi connectivity index (χ1v) is 7.27. The van der Waals surface area contributed by atoms with Gasteiger partial charge in [-0.2, -0.15) is 0 Å². The normalized spacial score (nSPS) is 23.4. The Morgan fingerprint density at radius 3 is 2.70 bits per heavy atom. The van der Waals surface area contributed by atoms with Crippen LogP contribution in [0.4, 0.5) is 5.82 Å². The number of aryl methyl sites for hydroxylation is 1. The molecule has 2 aliphatic rings. The number of carbonyl (C=O) groups excluding carboxylic acids is 1. The van der Waals surface area contributed by atoms with Gasteiger partial charge in [-0.15, -0.1) is 0 Å². The van der Waals surface area contributed by atoms with Crippen molar-refractivity contribution in [3.05, 3.63) is 17.6 Å². The molecule has 1 amide bonds. The van der Waals surface area contributed by atoms with Gasteiger partial charge in [0.05, 0.1) is 11.7 Å². The minimum atomic E-state index is 0.0846. The number of aromatic nitrogens is 2. The minimum absolute atomic E-state index is 0.0846. The average Bonchev–Trinajstić information content (AvgIpc) is 2.37. The molecule has 1 aromatic rings. The third-order valence-electron chi connectivity index (χ3n) is 4.21. The number of hydrogen-bond acceptors (Lipinski definition) is 5. The first kappa shape index (κ1) is 13.3. The molecule has 3 N–H and O–H groups in total. The number of amides is 1. The lowest BCUT2D eigenvalue weighted by Gasteiger charge is -2.43. The highest BCUT2D eigenvalue weighted by molar-refractivity contribution is 5.80. The fourth-order valence-electron chi connectivity index (χ4n) is 3.05. The minimum Gasteiger partial charge on any atom is -0.384 e. The molecule has 0 aliphatic carbocycles. The average molecular weight is 275 g/mol. The summed E-state index contributed by atoms with van der Waals surface area (Å²) in [6, 6.07) is 1.88. The predicted molar refractivity (Wildman–Crippen MR) is 75.8 cm³/mol. The Morgan fingerprint density at radius 1 is 1.35 bits per heavy atom. The summed E-state index contributed by atoms with van der Waals surface area (Å²) in [5.74, 6) is 1.59. The molecule has 0 spiro atoms. The molecule has 0 unspecified atom stereocenters. The van der Waals surface area contributed by atoms with Crippen LogP contribution >= 0.6 is 0 Å². The van der Waals surface area contributed by atoms with E-state index < -0.39 is 0 Å². The Hall–Kier alpha value is -1.69. The van der Waals surface area contributed by atoms with Crippen molar-refractivity contribution < 1.29 is 4.79 Å². The Kier molecular flexibility index (Phi) is 3.56. The van der Waals surface area contributed by atoms with Crippen LogP contribution in [0.1, 0.15) is 36.8 Å². The lowest BCUT2D eigenvalue weighted by atomic mass is 9.91. The first-order valence-electron chi connectivity index (χ1n) is 7.27. The van der Waals surface area contributed by atoms with Crippen LogP contribution in [0.25, 0.3) is 0 Å². The molecule has 2 saturated heterocycles. The van der Waals surface area contributed by atoms with Crippen LogP contribution < -0.4 is 11.1 Å². The van der Waals surface area contributed by atoms with E-state index in [4.69, 9.17) is 5.73 Å². The van der Waals surface area contributed by atoms with E-state index in [9.17, 15) is 4.79 Å². The largest absolute Gasteiger partial charge is 0.384 e. The smallest absolute Gasteiger partial charge is 0.226 e. The van der Waals surface area contributed by atoms with Crippen molar-refractivity contribution >= 4 is 11.7 Å². The molecular formula is C14H21N5O. The summed E-state index contributed by atoms with van der Waals surface area (Å²) in [4.78, 5) is 23.0. The predicted octanol–water partition coefficient (Wildman–Crippen LogP) is 0.640. The van der Waals surface area contributed by atoms with Gasteiger partial charge in [0.2, 0.25) is 5.91 Å². The summed E-state index contributed by atoms with van der Waals surface area (Å²) in [6.45, 7) is 4.54. The van der Waals surface area contributed by atoms with E-state index in [0.717, 1.165) is 44.6 Å². The number of piperidine rings is 1. The van der Waals surface area contributed by atoms with Crippen LogP contribution in [0.3, 0.4) is 0 Å². The van der Waals surface area contributed by atoms with E-state index in [1.165, 1.54) is 0 Å². The number of rotatable bonds is 2. The lowest BCUT2D eigenvalue weighted by molar-refractivity contribution is -0.144. The van der Waals surface area contributed by atoms with Crippen LogP contribution in [0.5, 0.6) is 0 Å². The van der Waals surface area contributed by atoms with Gasteiger partial charge in [-0.05, 0) is 39.3 Å². The number of hydrogen-bond donors (Lipinski definition) is 2. The van der Waals surface area contributed by atoms with Gasteiger partial charge >= 0.3 is 0 Å². The van der Waals surface area contributed by atoms with E-state index in [1.807, 2.05) is 11.8 Å². The van der Waals surface area contributed by atoms with Crippen molar-refractivity contribution in [3.8, 4) is 0 Å². The van der Waals surface area contributed by atoms with Gasteiger partial charge < -0.3 is 16.0 Å². The van der Waals surface area contributed by atoms with Crippen LogP contribution in [0.15, 0.2) is 6.07 Å². The van der Waals surface area contributed by atoms with E-state index in [-0.39, 0.29) is 17.9 Å². The zero-order chi connectivity index (χ0) is 14.1. The third-order valence-corrected chi connectivity index (χ3v) is 4.21. The Labute approximate surface area is 118 Å². The second-order valence-corrected chi connectivity index (χ2v) is 5.63. The summed E-state index contributed by atoms with van der Waals surface area (Å²) in [5, 5.41) is 3.29. The fourth-order valence-corrected chi connectivity index (χ4v) is 3.05. The lowest BCUT2D eigenvalue weighted by Crippen LogP contribution is -2.49. The van der Waals surface area contributed by atoms with Gasteiger partial charge in [0.1, 0.15) is 11.6 Å². The number of nitrogens with zero attached hydrogens (tertiary/aromatic N) is 3. The molecule has 0 aromatic carbocycles. The van der Waals surface area contributed by atoms with Crippen molar-refractivity contribution in [2.45, 2.75) is 32.2 Å². The molecule has 2 aliphatic heterocycles. The van der Waals surface area contributed by atoms with Gasteiger partial charge in [-0.3, -0.25) is 4.79 Å². The molecule has 108 valence electrons. The number of nitrogen functional groups attached to an aromatic ring is 1. The molecule has 1 atom stereocenters. The van der Waals surface area contributed by atoms with Crippen LogP contribution in [0.2, 0.25) is 0 Å². The SMILES string of the molecule is Cc1nc(N)cc([C@H]2CCN2C(=O)C2CCNCC2)n1. The van der Waals surface area contributed by atoms with Gasteiger partial charge in [0.15, 0.2) is 0 Å². The zero-order valence-corrected chi connectivity index (χ0v) is 11.8. The summed E-state index contributed by atoms with van der Waals surface area (Å²) in [7, 11) is 0. The number of nitrogens with one attached hydrogen (secondary N) is 1.